The first-order valence-electron chi connectivity index (χ1n) is 6.38. The van der Waals surface area contributed by atoms with E-state index in [1.54, 1.807) is 19.1 Å². The van der Waals surface area contributed by atoms with E-state index in [1.165, 1.54) is 0 Å². The quantitative estimate of drug-likeness (QED) is 0.780. The monoisotopic (exact) mass is 299 g/mol. The van der Waals surface area contributed by atoms with Crippen LogP contribution in [-0.4, -0.2) is 48.8 Å². The lowest BCUT2D eigenvalue weighted by Crippen LogP contribution is -2.48. The van der Waals surface area contributed by atoms with Crippen molar-refractivity contribution in [1.29, 1.82) is 0 Å². The fraction of sp³-hybridized carbons (Fsp3) is 0.500. The van der Waals surface area contributed by atoms with Crippen LogP contribution in [0.3, 0.4) is 0 Å². The molecule has 2 amide bonds. The summed E-state index contributed by atoms with van der Waals surface area (Å²) in [5, 5.41) is 16.0. The largest absolute Gasteiger partial charge is 0.387 e. The third-order valence-electron chi connectivity index (χ3n) is 2.73. The maximum atomic E-state index is 11.8. The van der Waals surface area contributed by atoms with Gasteiger partial charge in [0.1, 0.15) is 0 Å². The van der Waals surface area contributed by atoms with Crippen molar-refractivity contribution >= 4 is 23.3 Å². The second-order valence-corrected chi connectivity index (χ2v) is 5.94. The number of nitrogens with one attached hydrogen (secondary N) is 2. The summed E-state index contributed by atoms with van der Waals surface area (Å²) in [6.07, 6.45) is 0. The predicted octanol–water partition coefficient (Wildman–Crippen LogP) is 2.08. The highest BCUT2D eigenvalue weighted by Gasteiger charge is 2.22. The molecule has 1 atom stereocenters. The molecule has 0 heterocycles. The van der Waals surface area contributed by atoms with Crippen molar-refractivity contribution in [1.82, 2.24) is 10.2 Å². The maximum Gasteiger partial charge on any atom is 0.319 e. The molecule has 5 nitrogen and oxygen atoms in total. The summed E-state index contributed by atoms with van der Waals surface area (Å²) in [6, 6.07) is 4.92. The molecule has 1 unspecified atom stereocenters. The molecule has 0 aromatic heterocycles. The number of hydrogen-bond acceptors (Lipinski definition) is 3. The van der Waals surface area contributed by atoms with Gasteiger partial charge < -0.3 is 20.6 Å². The van der Waals surface area contributed by atoms with Gasteiger partial charge in [-0.3, -0.25) is 0 Å². The van der Waals surface area contributed by atoms with Crippen LogP contribution in [0.1, 0.15) is 12.5 Å². The summed E-state index contributed by atoms with van der Waals surface area (Å²) in [5.41, 5.74) is 0.594. The Bertz CT molecular complexity index is 475. The van der Waals surface area contributed by atoms with Gasteiger partial charge in [-0.25, -0.2) is 4.79 Å². The lowest BCUT2D eigenvalue weighted by molar-refractivity contribution is 0.0364. The molecule has 0 radical (unpaired) electrons. The van der Waals surface area contributed by atoms with Crippen molar-refractivity contribution in [2.24, 2.45) is 0 Å². The number of aryl methyl sites for hydroxylation is 1. The van der Waals surface area contributed by atoms with E-state index in [9.17, 15) is 9.90 Å². The van der Waals surface area contributed by atoms with Crippen LogP contribution < -0.4 is 10.6 Å². The van der Waals surface area contributed by atoms with Gasteiger partial charge in [0.15, 0.2) is 0 Å². The first-order valence-corrected chi connectivity index (χ1v) is 6.75. The van der Waals surface area contributed by atoms with E-state index in [0.717, 1.165) is 5.56 Å². The molecule has 0 bridgehead atoms. The molecule has 0 saturated carbocycles. The number of amides is 2. The van der Waals surface area contributed by atoms with Gasteiger partial charge in [0.05, 0.1) is 5.60 Å². The van der Waals surface area contributed by atoms with E-state index in [0.29, 0.717) is 17.3 Å². The van der Waals surface area contributed by atoms with E-state index < -0.39 is 5.60 Å². The van der Waals surface area contributed by atoms with Gasteiger partial charge in [0, 0.05) is 23.8 Å². The number of urea groups is 1. The highest BCUT2D eigenvalue weighted by molar-refractivity contribution is 6.31. The highest BCUT2D eigenvalue weighted by Crippen LogP contribution is 2.19. The van der Waals surface area contributed by atoms with Crippen molar-refractivity contribution in [2.45, 2.75) is 19.4 Å². The molecule has 1 aromatic carbocycles. The third-order valence-corrected chi connectivity index (χ3v) is 2.97. The fourth-order valence-electron chi connectivity index (χ4n) is 1.90. The zero-order valence-corrected chi connectivity index (χ0v) is 13.1. The Kier molecular flexibility index (Phi) is 5.80. The summed E-state index contributed by atoms with van der Waals surface area (Å²) in [7, 11) is 3.73. The summed E-state index contributed by atoms with van der Waals surface area (Å²) in [6.45, 7) is 4.19. The van der Waals surface area contributed by atoms with Crippen molar-refractivity contribution in [2.75, 3.05) is 32.5 Å². The van der Waals surface area contributed by atoms with Crippen LogP contribution in [0, 0.1) is 6.92 Å². The van der Waals surface area contributed by atoms with Gasteiger partial charge >= 0.3 is 6.03 Å². The first-order chi connectivity index (χ1) is 9.19. The molecule has 0 fully saturated rings. The lowest BCUT2D eigenvalue weighted by Gasteiger charge is -2.27. The second kappa shape index (κ2) is 6.92. The number of carbonyl (C=O) groups excluding carboxylic acids is 1. The molecule has 6 heteroatoms. The van der Waals surface area contributed by atoms with Crippen LogP contribution in [0.25, 0.3) is 0 Å². The van der Waals surface area contributed by atoms with Gasteiger partial charge in [-0.05, 0) is 45.6 Å². The Labute approximate surface area is 124 Å². The van der Waals surface area contributed by atoms with E-state index in [4.69, 9.17) is 11.6 Å². The molecule has 3 N–H and O–H groups in total. The fourth-order valence-corrected chi connectivity index (χ4v) is 2.08. The average molecular weight is 300 g/mol. The summed E-state index contributed by atoms with van der Waals surface area (Å²) in [4.78, 5) is 13.7. The zero-order valence-electron chi connectivity index (χ0n) is 12.3. The van der Waals surface area contributed by atoms with Gasteiger partial charge in [-0.2, -0.15) is 0 Å². The van der Waals surface area contributed by atoms with Crippen LogP contribution in [0.4, 0.5) is 10.5 Å². The molecule has 20 heavy (non-hydrogen) atoms. The topological polar surface area (TPSA) is 64.6 Å². The molecule has 0 aliphatic heterocycles. The maximum absolute atomic E-state index is 11.8. The summed E-state index contributed by atoms with van der Waals surface area (Å²) >= 11 is 5.89. The lowest BCUT2D eigenvalue weighted by atomic mass is 10.1. The molecule has 0 aliphatic carbocycles. The number of benzene rings is 1. The Hall–Kier alpha value is -1.30. The molecule has 0 spiro atoms. The SMILES string of the molecule is Cc1ccc(Cl)cc1NC(=O)NCC(C)(O)CN(C)C. The average Bonchev–Trinajstić information content (AvgIpc) is 2.30. The third kappa shape index (κ3) is 5.77. The number of rotatable bonds is 5. The molecule has 0 saturated heterocycles. The highest BCUT2D eigenvalue weighted by atomic mass is 35.5. The Morgan fingerprint density at radius 1 is 1.45 bits per heavy atom. The van der Waals surface area contributed by atoms with Gasteiger partial charge in [-0.15, -0.1) is 0 Å². The number of anilines is 1. The van der Waals surface area contributed by atoms with Crippen molar-refractivity contribution in [3.05, 3.63) is 28.8 Å². The smallest absolute Gasteiger partial charge is 0.319 e. The summed E-state index contributed by atoms with van der Waals surface area (Å²) in [5.74, 6) is 0. The first kappa shape index (κ1) is 16.8. The number of nitrogens with zero attached hydrogens (tertiary/aromatic N) is 1. The Morgan fingerprint density at radius 3 is 2.70 bits per heavy atom. The van der Waals surface area contributed by atoms with Crippen LogP contribution >= 0.6 is 11.6 Å². The van der Waals surface area contributed by atoms with Crippen LogP contribution in [0.15, 0.2) is 18.2 Å². The number of carbonyl (C=O) groups is 1. The van der Waals surface area contributed by atoms with Crippen LogP contribution in [0.2, 0.25) is 5.02 Å². The van der Waals surface area contributed by atoms with Gasteiger partial charge in [-0.1, -0.05) is 17.7 Å². The van der Waals surface area contributed by atoms with Crippen molar-refractivity contribution in [3.63, 3.8) is 0 Å². The van der Waals surface area contributed by atoms with E-state index in [1.807, 2.05) is 32.0 Å². The van der Waals surface area contributed by atoms with E-state index in [-0.39, 0.29) is 12.6 Å². The zero-order chi connectivity index (χ0) is 15.3. The minimum absolute atomic E-state index is 0.163. The van der Waals surface area contributed by atoms with E-state index >= 15 is 0 Å². The van der Waals surface area contributed by atoms with Gasteiger partial charge in [0.25, 0.3) is 0 Å². The van der Waals surface area contributed by atoms with Gasteiger partial charge in [0.2, 0.25) is 0 Å². The molecule has 0 aliphatic rings. The minimum atomic E-state index is -0.982. The summed E-state index contributed by atoms with van der Waals surface area (Å²) < 4.78 is 0. The molecular formula is C14H22ClN3O2. The molecule has 1 aromatic rings. The minimum Gasteiger partial charge on any atom is -0.387 e. The van der Waals surface area contributed by atoms with Crippen molar-refractivity contribution in [3.8, 4) is 0 Å². The number of hydrogen-bond donors (Lipinski definition) is 3. The molecule has 112 valence electrons. The number of aliphatic hydroxyl groups is 1. The second-order valence-electron chi connectivity index (χ2n) is 5.50. The molecular weight excluding hydrogens is 278 g/mol. The predicted molar refractivity (Wildman–Crippen MR) is 82.4 cm³/mol. The van der Waals surface area contributed by atoms with Crippen LogP contribution in [0.5, 0.6) is 0 Å². The van der Waals surface area contributed by atoms with E-state index in [2.05, 4.69) is 10.6 Å². The normalized spacial score (nSPS) is 13.9. The molecule has 1 rings (SSSR count). The standard InChI is InChI=1S/C14H22ClN3O2/c1-10-5-6-11(15)7-12(10)17-13(19)16-8-14(2,20)9-18(3)4/h5-7,20H,8-9H2,1-4H3,(H2,16,17,19). The number of halogens is 1. The van der Waals surface area contributed by atoms with Crippen LogP contribution in [-0.2, 0) is 0 Å². The van der Waals surface area contributed by atoms with Crippen molar-refractivity contribution < 1.29 is 9.90 Å². The number of likely N-dealkylation sites (N-methyl/N-ethyl adjacent to an activating group) is 1. The Balaban J connectivity index is 2.54. The Morgan fingerprint density at radius 2 is 2.10 bits per heavy atom.